The lowest BCUT2D eigenvalue weighted by Gasteiger charge is -1.95. The van der Waals surface area contributed by atoms with E-state index in [0.29, 0.717) is 6.54 Å². The summed E-state index contributed by atoms with van der Waals surface area (Å²) in [5, 5.41) is 4.01. The van der Waals surface area contributed by atoms with E-state index < -0.39 is 0 Å². The Labute approximate surface area is 79.0 Å². The Morgan fingerprint density at radius 1 is 1.38 bits per heavy atom. The Kier molecular flexibility index (Phi) is 3.76. The van der Waals surface area contributed by atoms with E-state index in [9.17, 15) is 0 Å². The molecule has 0 aliphatic rings. The van der Waals surface area contributed by atoms with Gasteiger partial charge in [-0.05, 0) is 12.5 Å². The molecule has 2 nitrogen and oxygen atoms in total. The molecule has 0 bridgehead atoms. The molecular formula is C11H14N2. The third kappa shape index (κ3) is 3.56. The first kappa shape index (κ1) is 9.52. The molecule has 0 unspecified atom stereocenters. The average Bonchev–Trinajstić information content (AvgIpc) is 2.15. The van der Waals surface area contributed by atoms with E-state index in [1.807, 2.05) is 12.1 Å². The smallest absolute Gasteiger partial charge is 0.0540 e. The lowest BCUT2D eigenvalue weighted by molar-refractivity contribution is 0.832. The number of hydrogen-bond acceptors (Lipinski definition) is 2. The first-order valence-electron chi connectivity index (χ1n) is 4.26. The van der Waals surface area contributed by atoms with E-state index in [-0.39, 0.29) is 0 Å². The quantitative estimate of drug-likeness (QED) is 0.321. The summed E-state index contributed by atoms with van der Waals surface area (Å²) in [7, 11) is 0. The van der Waals surface area contributed by atoms with E-state index in [1.54, 1.807) is 12.3 Å². The Morgan fingerprint density at radius 3 is 2.69 bits per heavy atom. The van der Waals surface area contributed by atoms with Gasteiger partial charge in [0.15, 0.2) is 0 Å². The molecule has 0 aliphatic carbocycles. The van der Waals surface area contributed by atoms with Crippen LogP contribution in [0.1, 0.15) is 11.1 Å². The van der Waals surface area contributed by atoms with E-state index in [0.717, 1.165) is 5.56 Å². The monoisotopic (exact) mass is 174 g/mol. The van der Waals surface area contributed by atoms with Crippen LogP contribution in [0.3, 0.4) is 0 Å². The zero-order chi connectivity index (χ0) is 9.52. The molecule has 0 radical (unpaired) electrons. The molecule has 1 aromatic carbocycles. The molecule has 0 aromatic heterocycles. The molecular weight excluding hydrogens is 160 g/mol. The highest BCUT2D eigenvalue weighted by molar-refractivity contribution is 5.79. The minimum atomic E-state index is 0.697. The van der Waals surface area contributed by atoms with Crippen molar-refractivity contribution in [2.75, 3.05) is 6.54 Å². The normalized spacial score (nSPS) is 10.2. The van der Waals surface area contributed by atoms with Crippen molar-refractivity contribution in [2.24, 2.45) is 5.10 Å². The van der Waals surface area contributed by atoms with Crippen LogP contribution < -0.4 is 5.43 Å². The molecule has 0 aliphatic heterocycles. The Balaban J connectivity index is 2.49. The fraction of sp³-hybridized carbons (Fsp3) is 0.182. The predicted octanol–water partition coefficient (Wildman–Crippen LogP) is 2.10. The summed E-state index contributed by atoms with van der Waals surface area (Å²) in [5.74, 6) is 0. The number of benzene rings is 1. The molecule has 0 saturated carbocycles. The summed E-state index contributed by atoms with van der Waals surface area (Å²) in [6, 6.07) is 8.20. The molecule has 1 N–H and O–H groups in total. The van der Waals surface area contributed by atoms with Gasteiger partial charge in [0.05, 0.1) is 12.8 Å². The van der Waals surface area contributed by atoms with Crippen molar-refractivity contribution < 1.29 is 0 Å². The van der Waals surface area contributed by atoms with Gasteiger partial charge in [-0.15, -0.1) is 6.58 Å². The van der Waals surface area contributed by atoms with E-state index in [4.69, 9.17) is 0 Å². The largest absolute Gasteiger partial charge is 0.306 e. The van der Waals surface area contributed by atoms with Crippen LogP contribution in [0.5, 0.6) is 0 Å². The molecule has 1 aromatic rings. The Morgan fingerprint density at radius 2 is 2.08 bits per heavy atom. The van der Waals surface area contributed by atoms with E-state index in [1.165, 1.54) is 5.56 Å². The molecule has 0 fully saturated rings. The summed E-state index contributed by atoms with van der Waals surface area (Å²) < 4.78 is 0. The van der Waals surface area contributed by atoms with Crippen LogP contribution in [0.4, 0.5) is 0 Å². The summed E-state index contributed by atoms with van der Waals surface area (Å²) >= 11 is 0. The number of aryl methyl sites for hydroxylation is 1. The van der Waals surface area contributed by atoms with Crippen LogP contribution in [0.2, 0.25) is 0 Å². The van der Waals surface area contributed by atoms with Gasteiger partial charge in [-0.1, -0.05) is 35.9 Å². The SMILES string of the molecule is C=CCNN=Cc1ccc(C)cc1. The van der Waals surface area contributed by atoms with Crippen molar-refractivity contribution in [3.63, 3.8) is 0 Å². The zero-order valence-corrected chi connectivity index (χ0v) is 7.83. The molecule has 0 saturated heterocycles. The first-order valence-corrected chi connectivity index (χ1v) is 4.26. The van der Waals surface area contributed by atoms with Gasteiger partial charge >= 0.3 is 0 Å². The summed E-state index contributed by atoms with van der Waals surface area (Å²) in [5.41, 5.74) is 5.21. The number of rotatable bonds is 4. The van der Waals surface area contributed by atoms with E-state index >= 15 is 0 Å². The minimum Gasteiger partial charge on any atom is -0.306 e. The maximum atomic E-state index is 4.01. The predicted molar refractivity (Wildman–Crippen MR) is 57.0 cm³/mol. The topological polar surface area (TPSA) is 24.4 Å². The molecule has 13 heavy (non-hydrogen) atoms. The van der Waals surface area contributed by atoms with Crippen molar-refractivity contribution in [3.05, 3.63) is 48.0 Å². The van der Waals surface area contributed by atoms with Gasteiger partial charge in [0.25, 0.3) is 0 Å². The summed E-state index contributed by atoms with van der Waals surface area (Å²) in [4.78, 5) is 0. The average molecular weight is 174 g/mol. The number of nitrogens with one attached hydrogen (secondary N) is 1. The summed E-state index contributed by atoms with van der Waals surface area (Å²) in [6.45, 7) is 6.34. The second kappa shape index (κ2) is 5.14. The molecule has 68 valence electrons. The number of nitrogens with zero attached hydrogens (tertiary/aromatic N) is 1. The Hall–Kier alpha value is -1.57. The van der Waals surface area contributed by atoms with Gasteiger partial charge in [0, 0.05) is 0 Å². The maximum absolute atomic E-state index is 4.01. The first-order chi connectivity index (χ1) is 6.33. The van der Waals surface area contributed by atoms with Crippen LogP contribution in [-0.2, 0) is 0 Å². The second-order valence-electron chi connectivity index (χ2n) is 2.82. The third-order valence-electron chi connectivity index (χ3n) is 1.62. The lowest BCUT2D eigenvalue weighted by Crippen LogP contribution is -2.04. The van der Waals surface area contributed by atoms with Crippen molar-refractivity contribution in [3.8, 4) is 0 Å². The molecule has 0 heterocycles. The van der Waals surface area contributed by atoms with Gasteiger partial charge in [0.2, 0.25) is 0 Å². The lowest BCUT2D eigenvalue weighted by atomic mass is 10.2. The minimum absolute atomic E-state index is 0.697. The molecule has 2 heteroatoms. The van der Waals surface area contributed by atoms with Gasteiger partial charge in [0.1, 0.15) is 0 Å². The van der Waals surface area contributed by atoms with Crippen LogP contribution >= 0.6 is 0 Å². The van der Waals surface area contributed by atoms with Crippen molar-refractivity contribution in [2.45, 2.75) is 6.92 Å². The van der Waals surface area contributed by atoms with Gasteiger partial charge < -0.3 is 5.43 Å². The number of hydrogen-bond donors (Lipinski definition) is 1. The highest BCUT2D eigenvalue weighted by atomic mass is 15.3. The van der Waals surface area contributed by atoms with Crippen LogP contribution in [0.15, 0.2) is 42.0 Å². The van der Waals surface area contributed by atoms with E-state index in [2.05, 4.69) is 36.2 Å². The Bertz CT molecular complexity index is 285. The fourth-order valence-corrected chi connectivity index (χ4v) is 0.890. The molecule has 1 rings (SSSR count). The third-order valence-corrected chi connectivity index (χ3v) is 1.62. The fourth-order valence-electron chi connectivity index (χ4n) is 0.890. The molecule has 0 spiro atoms. The van der Waals surface area contributed by atoms with Crippen molar-refractivity contribution in [1.82, 2.24) is 5.43 Å². The van der Waals surface area contributed by atoms with Gasteiger partial charge in [-0.2, -0.15) is 5.10 Å². The summed E-state index contributed by atoms with van der Waals surface area (Å²) in [6.07, 6.45) is 3.56. The van der Waals surface area contributed by atoms with Crippen molar-refractivity contribution in [1.29, 1.82) is 0 Å². The standard InChI is InChI=1S/C11H14N2/c1-3-8-12-13-9-11-6-4-10(2)5-7-11/h3-7,9,12H,1,8H2,2H3. The van der Waals surface area contributed by atoms with Crippen LogP contribution in [0, 0.1) is 6.92 Å². The number of hydrazone groups is 1. The zero-order valence-electron chi connectivity index (χ0n) is 7.83. The highest BCUT2D eigenvalue weighted by Gasteiger charge is 1.85. The van der Waals surface area contributed by atoms with Crippen LogP contribution in [0.25, 0.3) is 0 Å². The maximum Gasteiger partial charge on any atom is 0.0540 e. The van der Waals surface area contributed by atoms with Crippen LogP contribution in [-0.4, -0.2) is 12.8 Å². The van der Waals surface area contributed by atoms with Crippen molar-refractivity contribution >= 4 is 6.21 Å². The highest BCUT2D eigenvalue weighted by Crippen LogP contribution is 1.99. The van der Waals surface area contributed by atoms with Gasteiger partial charge in [-0.25, -0.2) is 0 Å². The second-order valence-corrected chi connectivity index (χ2v) is 2.82. The van der Waals surface area contributed by atoms with Gasteiger partial charge in [-0.3, -0.25) is 0 Å². The molecule has 0 amide bonds. The molecule has 0 atom stereocenters.